The molecular formula is C20H15Cl2NO3. The van der Waals surface area contributed by atoms with Gasteiger partial charge in [0.15, 0.2) is 12.4 Å². The van der Waals surface area contributed by atoms with Gasteiger partial charge < -0.3 is 10.1 Å². The summed E-state index contributed by atoms with van der Waals surface area (Å²) in [6.45, 7) is 1.10. The van der Waals surface area contributed by atoms with E-state index < -0.39 is 0 Å². The lowest BCUT2D eigenvalue weighted by molar-refractivity contribution is -0.118. The summed E-state index contributed by atoms with van der Waals surface area (Å²) in [6.07, 6.45) is 0. The number of Topliss-reactive ketones (excluding diaryl/α,β-unsaturated/α-hetero) is 1. The summed E-state index contributed by atoms with van der Waals surface area (Å²) in [5.74, 6) is -0.461. The van der Waals surface area contributed by atoms with E-state index in [-0.39, 0.29) is 34.6 Å². The van der Waals surface area contributed by atoms with Crippen molar-refractivity contribution in [3.63, 3.8) is 0 Å². The molecule has 0 radical (unpaired) electrons. The van der Waals surface area contributed by atoms with Gasteiger partial charge >= 0.3 is 0 Å². The monoisotopic (exact) mass is 387 g/mol. The molecule has 0 aromatic heterocycles. The highest BCUT2D eigenvalue weighted by Crippen LogP contribution is 2.32. The number of amides is 1. The maximum absolute atomic E-state index is 12.2. The summed E-state index contributed by atoms with van der Waals surface area (Å²) in [4.78, 5) is 23.9. The van der Waals surface area contributed by atoms with E-state index in [1.807, 2.05) is 42.5 Å². The summed E-state index contributed by atoms with van der Waals surface area (Å²) in [5, 5.41) is 5.38. The lowest BCUT2D eigenvalue weighted by atomic mass is 10.1. The highest BCUT2D eigenvalue weighted by Gasteiger charge is 2.16. The third kappa shape index (κ3) is 4.15. The van der Waals surface area contributed by atoms with Crippen molar-refractivity contribution in [3.05, 3.63) is 70.2 Å². The van der Waals surface area contributed by atoms with Crippen LogP contribution in [-0.2, 0) is 4.79 Å². The lowest BCUT2D eigenvalue weighted by Gasteiger charge is -2.12. The minimum absolute atomic E-state index is 0.150. The molecule has 0 bridgehead atoms. The second-order valence-corrected chi connectivity index (χ2v) is 6.56. The van der Waals surface area contributed by atoms with Gasteiger partial charge in [-0.25, -0.2) is 0 Å². The number of ether oxygens (including phenoxy) is 1. The summed E-state index contributed by atoms with van der Waals surface area (Å²) >= 11 is 12.0. The first-order chi connectivity index (χ1) is 12.4. The third-order valence-corrected chi connectivity index (χ3v) is 4.27. The van der Waals surface area contributed by atoms with Gasteiger partial charge in [0.25, 0.3) is 5.91 Å². The van der Waals surface area contributed by atoms with Crippen LogP contribution < -0.4 is 10.1 Å². The van der Waals surface area contributed by atoms with Crippen LogP contribution in [-0.4, -0.2) is 18.3 Å². The lowest BCUT2D eigenvalue weighted by Crippen LogP contribution is -2.21. The van der Waals surface area contributed by atoms with Gasteiger partial charge in [0.2, 0.25) is 0 Å². The fourth-order valence-corrected chi connectivity index (χ4v) is 3.12. The Morgan fingerprint density at radius 3 is 2.46 bits per heavy atom. The SMILES string of the molecule is CC(=O)c1cc(Cl)cc(Cl)c1OCC(=O)Nc1ccc2ccccc2c1. The smallest absolute Gasteiger partial charge is 0.262 e. The highest BCUT2D eigenvalue weighted by molar-refractivity contribution is 6.36. The maximum Gasteiger partial charge on any atom is 0.262 e. The number of anilines is 1. The van der Waals surface area contributed by atoms with Gasteiger partial charge in [-0.1, -0.05) is 53.5 Å². The van der Waals surface area contributed by atoms with Gasteiger partial charge in [0, 0.05) is 10.7 Å². The van der Waals surface area contributed by atoms with Crippen molar-refractivity contribution < 1.29 is 14.3 Å². The Morgan fingerprint density at radius 2 is 1.73 bits per heavy atom. The first-order valence-corrected chi connectivity index (χ1v) is 8.61. The quantitative estimate of drug-likeness (QED) is 0.598. The van der Waals surface area contributed by atoms with Crippen molar-refractivity contribution in [2.24, 2.45) is 0 Å². The van der Waals surface area contributed by atoms with Crippen LogP contribution in [0, 0.1) is 0 Å². The van der Waals surface area contributed by atoms with Crippen LogP contribution in [0.25, 0.3) is 10.8 Å². The van der Waals surface area contributed by atoms with Gasteiger partial charge in [0.05, 0.1) is 10.6 Å². The largest absolute Gasteiger partial charge is 0.481 e. The fourth-order valence-electron chi connectivity index (χ4n) is 2.57. The Bertz CT molecular complexity index is 1000. The molecule has 3 aromatic rings. The zero-order valence-corrected chi connectivity index (χ0v) is 15.4. The minimum Gasteiger partial charge on any atom is -0.481 e. The van der Waals surface area contributed by atoms with Crippen LogP contribution in [0.1, 0.15) is 17.3 Å². The van der Waals surface area contributed by atoms with E-state index in [2.05, 4.69) is 5.32 Å². The Balaban J connectivity index is 1.72. The molecule has 132 valence electrons. The molecule has 3 aromatic carbocycles. The average Bonchev–Trinajstić information content (AvgIpc) is 2.60. The zero-order chi connectivity index (χ0) is 18.7. The molecule has 4 nitrogen and oxygen atoms in total. The molecule has 0 heterocycles. The average molecular weight is 388 g/mol. The molecule has 0 spiro atoms. The Hall–Kier alpha value is -2.56. The number of nitrogens with one attached hydrogen (secondary N) is 1. The minimum atomic E-state index is -0.360. The molecule has 0 aliphatic heterocycles. The molecule has 0 atom stereocenters. The Morgan fingerprint density at radius 1 is 1.00 bits per heavy atom. The Kier molecular flexibility index (Phi) is 5.45. The van der Waals surface area contributed by atoms with Crippen LogP contribution in [0.3, 0.4) is 0 Å². The molecule has 0 fully saturated rings. The number of halogens is 2. The summed E-state index contributed by atoms with van der Waals surface area (Å²) in [7, 11) is 0. The van der Waals surface area contributed by atoms with E-state index in [0.29, 0.717) is 10.7 Å². The van der Waals surface area contributed by atoms with E-state index in [1.54, 1.807) is 0 Å². The van der Waals surface area contributed by atoms with E-state index >= 15 is 0 Å². The van der Waals surface area contributed by atoms with Crippen LogP contribution in [0.5, 0.6) is 5.75 Å². The number of hydrogen-bond donors (Lipinski definition) is 1. The number of ketones is 1. The number of fused-ring (bicyclic) bond motifs is 1. The van der Waals surface area contributed by atoms with Crippen molar-refractivity contribution in [3.8, 4) is 5.75 Å². The first-order valence-electron chi connectivity index (χ1n) is 7.85. The van der Waals surface area contributed by atoms with Crippen LogP contribution in [0.4, 0.5) is 5.69 Å². The van der Waals surface area contributed by atoms with Gasteiger partial charge in [-0.2, -0.15) is 0 Å². The molecule has 0 aliphatic carbocycles. The molecule has 0 aliphatic rings. The predicted octanol–water partition coefficient (Wildman–Crippen LogP) is 5.37. The topological polar surface area (TPSA) is 55.4 Å². The third-order valence-electron chi connectivity index (χ3n) is 3.77. The van der Waals surface area contributed by atoms with Gasteiger partial charge in [-0.3, -0.25) is 9.59 Å². The number of carbonyl (C=O) groups is 2. The van der Waals surface area contributed by atoms with Crippen LogP contribution >= 0.6 is 23.2 Å². The number of hydrogen-bond acceptors (Lipinski definition) is 3. The van der Waals surface area contributed by atoms with Gasteiger partial charge in [-0.05, 0) is 42.0 Å². The van der Waals surface area contributed by atoms with E-state index in [0.717, 1.165) is 10.8 Å². The van der Waals surface area contributed by atoms with Crippen LogP contribution in [0.15, 0.2) is 54.6 Å². The number of benzene rings is 3. The van der Waals surface area contributed by atoms with Gasteiger partial charge in [0.1, 0.15) is 5.75 Å². The summed E-state index contributed by atoms with van der Waals surface area (Å²) < 4.78 is 5.48. The molecule has 1 N–H and O–H groups in total. The fraction of sp³-hybridized carbons (Fsp3) is 0.100. The maximum atomic E-state index is 12.2. The number of carbonyl (C=O) groups excluding carboxylic acids is 2. The standard InChI is InChI=1S/C20H15Cl2NO3/c1-12(24)17-9-15(21)10-18(22)20(17)26-11-19(25)23-16-7-6-13-4-2-3-5-14(13)8-16/h2-10H,11H2,1H3,(H,23,25). The zero-order valence-electron chi connectivity index (χ0n) is 13.9. The molecule has 3 rings (SSSR count). The predicted molar refractivity (Wildman–Crippen MR) is 105 cm³/mol. The second kappa shape index (κ2) is 7.77. The molecule has 6 heteroatoms. The second-order valence-electron chi connectivity index (χ2n) is 5.72. The molecule has 0 saturated carbocycles. The van der Waals surface area contributed by atoms with Crippen molar-refractivity contribution >= 4 is 51.4 Å². The molecule has 0 unspecified atom stereocenters. The van der Waals surface area contributed by atoms with Crippen molar-refractivity contribution in [2.45, 2.75) is 6.92 Å². The highest BCUT2D eigenvalue weighted by atomic mass is 35.5. The molecule has 0 saturated heterocycles. The molecular weight excluding hydrogens is 373 g/mol. The van der Waals surface area contributed by atoms with E-state index in [1.165, 1.54) is 19.1 Å². The van der Waals surface area contributed by atoms with Crippen LogP contribution in [0.2, 0.25) is 10.0 Å². The van der Waals surface area contributed by atoms with Crippen molar-refractivity contribution in [2.75, 3.05) is 11.9 Å². The molecule has 1 amide bonds. The summed E-state index contributed by atoms with van der Waals surface area (Å²) in [5.41, 5.74) is 0.896. The summed E-state index contributed by atoms with van der Waals surface area (Å²) in [6, 6.07) is 16.4. The van der Waals surface area contributed by atoms with Crippen molar-refractivity contribution in [1.82, 2.24) is 0 Å². The van der Waals surface area contributed by atoms with E-state index in [9.17, 15) is 9.59 Å². The van der Waals surface area contributed by atoms with Gasteiger partial charge in [-0.15, -0.1) is 0 Å². The van der Waals surface area contributed by atoms with Crippen molar-refractivity contribution in [1.29, 1.82) is 0 Å². The first kappa shape index (κ1) is 18.2. The Labute approximate surface area is 160 Å². The van der Waals surface area contributed by atoms with E-state index in [4.69, 9.17) is 27.9 Å². The molecule has 26 heavy (non-hydrogen) atoms. The normalized spacial score (nSPS) is 10.6. The number of rotatable bonds is 5.